The fourth-order valence-corrected chi connectivity index (χ4v) is 1.58. The largest absolute Gasteiger partial charge is 0.366 e. The Morgan fingerprint density at radius 3 is 2.75 bits per heavy atom. The molecule has 5 nitrogen and oxygen atoms in total. The summed E-state index contributed by atoms with van der Waals surface area (Å²) in [5, 5.41) is 10.8. The zero-order chi connectivity index (χ0) is 12.1. The Morgan fingerprint density at radius 2 is 2.19 bits per heavy atom. The monoisotopic (exact) mass is 281 g/mol. The van der Waals surface area contributed by atoms with Crippen molar-refractivity contribution in [2.24, 2.45) is 5.73 Å². The van der Waals surface area contributed by atoms with Crippen molar-refractivity contribution in [3.63, 3.8) is 0 Å². The highest BCUT2D eigenvalue weighted by atomic mass is 79.9. The van der Waals surface area contributed by atoms with Gasteiger partial charge in [0.1, 0.15) is 6.42 Å². The van der Waals surface area contributed by atoms with Crippen LogP contribution >= 0.6 is 15.9 Å². The van der Waals surface area contributed by atoms with E-state index in [2.05, 4.69) is 21.2 Å². The van der Waals surface area contributed by atoms with E-state index in [0.717, 1.165) is 0 Å². The number of anilines is 1. The van der Waals surface area contributed by atoms with Gasteiger partial charge in [-0.25, -0.2) is 0 Å². The van der Waals surface area contributed by atoms with Gasteiger partial charge in [0.2, 0.25) is 5.91 Å². The molecule has 0 aliphatic rings. The van der Waals surface area contributed by atoms with Crippen LogP contribution in [0.25, 0.3) is 0 Å². The lowest BCUT2D eigenvalue weighted by Gasteiger charge is -2.09. The molecular formula is C10H8BrN3O2. The highest BCUT2D eigenvalue weighted by Gasteiger charge is 2.13. The van der Waals surface area contributed by atoms with Gasteiger partial charge in [-0.2, -0.15) is 5.26 Å². The van der Waals surface area contributed by atoms with Crippen LogP contribution in [0.5, 0.6) is 0 Å². The summed E-state index contributed by atoms with van der Waals surface area (Å²) in [7, 11) is 0. The Bertz CT molecular complexity index is 479. The first-order chi connectivity index (χ1) is 7.56. The molecule has 3 N–H and O–H groups in total. The fraction of sp³-hybridized carbons (Fsp3) is 0.100. The van der Waals surface area contributed by atoms with Gasteiger partial charge >= 0.3 is 0 Å². The molecule has 0 aliphatic heterocycles. The van der Waals surface area contributed by atoms with Crippen LogP contribution in [0, 0.1) is 11.3 Å². The van der Waals surface area contributed by atoms with Gasteiger partial charge < -0.3 is 11.1 Å². The molecule has 0 bridgehead atoms. The maximum atomic E-state index is 11.2. The summed E-state index contributed by atoms with van der Waals surface area (Å²) in [5.41, 5.74) is 5.64. The number of amides is 2. The quantitative estimate of drug-likeness (QED) is 0.876. The minimum absolute atomic E-state index is 0.195. The van der Waals surface area contributed by atoms with Crippen LogP contribution in [0.3, 0.4) is 0 Å². The Labute approximate surface area is 100 Å². The maximum absolute atomic E-state index is 11.2. The maximum Gasteiger partial charge on any atom is 0.250 e. The van der Waals surface area contributed by atoms with E-state index in [9.17, 15) is 9.59 Å². The Kier molecular flexibility index (Phi) is 4.03. The number of nitrogens with two attached hydrogens (primary N) is 1. The second-order valence-electron chi connectivity index (χ2n) is 2.91. The van der Waals surface area contributed by atoms with Crippen molar-refractivity contribution in [2.75, 3.05) is 5.32 Å². The number of nitrogens with zero attached hydrogens (tertiary/aromatic N) is 1. The van der Waals surface area contributed by atoms with Gasteiger partial charge in [0, 0.05) is 4.47 Å². The molecule has 0 saturated carbocycles. The lowest BCUT2D eigenvalue weighted by atomic mass is 10.1. The molecule has 0 spiro atoms. The number of nitriles is 1. The van der Waals surface area contributed by atoms with Crippen LogP contribution in [0.2, 0.25) is 0 Å². The van der Waals surface area contributed by atoms with Crippen LogP contribution in [0.15, 0.2) is 22.7 Å². The van der Waals surface area contributed by atoms with E-state index in [1.54, 1.807) is 18.2 Å². The SMILES string of the molecule is N#CCC(=O)Nc1c(Br)cccc1C(N)=O. The van der Waals surface area contributed by atoms with E-state index >= 15 is 0 Å². The average Bonchev–Trinajstić information content (AvgIpc) is 2.21. The lowest BCUT2D eigenvalue weighted by molar-refractivity contribution is -0.115. The Hall–Kier alpha value is -1.87. The van der Waals surface area contributed by atoms with E-state index in [1.807, 2.05) is 0 Å². The van der Waals surface area contributed by atoms with E-state index in [-0.39, 0.29) is 17.7 Å². The number of rotatable bonds is 3. The number of halogens is 1. The lowest BCUT2D eigenvalue weighted by Crippen LogP contribution is -2.18. The summed E-state index contributed by atoms with van der Waals surface area (Å²) in [6.07, 6.45) is -0.278. The highest BCUT2D eigenvalue weighted by Crippen LogP contribution is 2.26. The third kappa shape index (κ3) is 2.81. The molecule has 6 heteroatoms. The molecule has 0 fully saturated rings. The van der Waals surface area contributed by atoms with E-state index < -0.39 is 11.8 Å². The summed E-state index contributed by atoms with van der Waals surface area (Å²) in [6.45, 7) is 0. The second kappa shape index (κ2) is 5.28. The second-order valence-corrected chi connectivity index (χ2v) is 3.76. The van der Waals surface area contributed by atoms with Crippen molar-refractivity contribution in [2.45, 2.75) is 6.42 Å². The van der Waals surface area contributed by atoms with Crippen molar-refractivity contribution in [3.8, 4) is 6.07 Å². The zero-order valence-electron chi connectivity index (χ0n) is 8.16. The molecular weight excluding hydrogens is 274 g/mol. The normalized spacial score (nSPS) is 9.25. The summed E-state index contributed by atoms with van der Waals surface area (Å²) in [5.74, 6) is -1.13. The number of benzene rings is 1. The fourth-order valence-electron chi connectivity index (χ4n) is 1.11. The van der Waals surface area contributed by atoms with Crippen molar-refractivity contribution in [3.05, 3.63) is 28.2 Å². The Morgan fingerprint density at radius 1 is 1.50 bits per heavy atom. The minimum atomic E-state index is -0.645. The van der Waals surface area contributed by atoms with Crippen molar-refractivity contribution >= 4 is 33.4 Å². The van der Waals surface area contributed by atoms with Crippen LogP contribution in [0.1, 0.15) is 16.8 Å². The van der Waals surface area contributed by atoms with Crippen LogP contribution in [-0.4, -0.2) is 11.8 Å². The molecule has 1 aromatic carbocycles. The number of hydrogen-bond acceptors (Lipinski definition) is 3. The summed E-state index contributed by atoms with van der Waals surface area (Å²) >= 11 is 3.19. The minimum Gasteiger partial charge on any atom is -0.366 e. The number of para-hydroxylation sites is 1. The van der Waals surface area contributed by atoms with Crippen molar-refractivity contribution in [1.82, 2.24) is 0 Å². The average molecular weight is 282 g/mol. The van der Waals surface area contributed by atoms with Gasteiger partial charge in [-0.15, -0.1) is 0 Å². The molecule has 0 unspecified atom stereocenters. The van der Waals surface area contributed by atoms with Gasteiger partial charge in [-0.05, 0) is 28.1 Å². The number of carbonyl (C=O) groups is 2. The topological polar surface area (TPSA) is 96.0 Å². The van der Waals surface area contributed by atoms with Gasteiger partial charge in [-0.1, -0.05) is 6.07 Å². The van der Waals surface area contributed by atoms with Gasteiger partial charge in [0.15, 0.2) is 0 Å². The summed E-state index contributed by atoms with van der Waals surface area (Å²) < 4.78 is 0.537. The molecule has 0 aliphatic carbocycles. The molecule has 0 aromatic heterocycles. The number of hydrogen-bond donors (Lipinski definition) is 2. The van der Waals surface area contributed by atoms with Gasteiger partial charge in [0.25, 0.3) is 5.91 Å². The predicted molar refractivity (Wildman–Crippen MR) is 61.5 cm³/mol. The third-order valence-electron chi connectivity index (χ3n) is 1.78. The van der Waals surface area contributed by atoms with Crippen LogP contribution < -0.4 is 11.1 Å². The van der Waals surface area contributed by atoms with E-state index in [1.165, 1.54) is 6.07 Å². The molecule has 82 valence electrons. The van der Waals surface area contributed by atoms with Gasteiger partial charge in [0.05, 0.1) is 17.3 Å². The molecule has 16 heavy (non-hydrogen) atoms. The van der Waals surface area contributed by atoms with Crippen LogP contribution in [0.4, 0.5) is 5.69 Å². The highest BCUT2D eigenvalue weighted by molar-refractivity contribution is 9.10. The van der Waals surface area contributed by atoms with Crippen LogP contribution in [-0.2, 0) is 4.79 Å². The first-order valence-electron chi connectivity index (χ1n) is 4.31. The van der Waals surface area contributed by atoms with E-state index in [0.29, 0.717) is 4.47 Å². The number of nitrogens with one attached hydrogen (secondary N) is 1. The predicted octanol–water partition coefficient (Wildman–Crippen LogP) is 1.40. The Balaban J connectivity index is 3.07. The van der Waals surface area contributed by atoms with Gasteiger partial charge in [-0.3, -0.25) is 9.59 Å². The number of carbonyl (C=O) groups excluding carboxylic acids is 2. The first kappa shape index (κ1) is 12.2. The first-order valence-corrected chi connectivity index (χ1v) is 5.10. The van der Waals surface area contributed by atoms with Crippen molar-refractivity contribution in [1.29, 1.82) is 5.26 Å². The molecule has 1 aromatic rings. The molecule has 0 atom stereocenters. The third-order valence-corrected chi connectivity index (χ3v) is 2.44. The molecule has 0 saturated heterocycles. The summed E-state index contributed by atoms with van der Waals surface area (Å²) in [6, 6.07) is 6.50. The summed E-state index contributed by atoms with van der Waals surface area (Å²) in [4.78, 5) is 22.3. The smallest absolute Gasteiger partial charge is 0.250 e. The number of primary amides is 1. The van der Waals surface area contributed by atoms with Crippen molar-refractivity contribution < 1.29 is 9.59 Å². The molecule has 2 amide bonds. The molecule has 1 rings (SSSR count). The van der Waals surface area contributed by atoms with E-state index in [4.69, 9.17) is 11.0 Å². The standard InChI is InChI=1S/C10H8BrN3O2/c11-7-3-1-2-6(10(13)16)9(7)14-8(15)4-5-12/h1-3H,4H2,(H2,13,16)(H,14,15). The molecule has 0 heterocycles. The zero-order valence-corrected chi connectivity index (χ0v) is 9.74. The molecule has 0 radical (unpaired) electrons.